The highest BCUT2D eigenvalue weighted by molar-refractivity contribution is 5.85. The van der Waals surface area contributed by atoms with Crippen LogP contribution in [0.1, 0.15) is 31.9 Å². The maximum absolute atomic E-state index is 12.1. The molecule has 21 heavy (non-hydrogen) atoms. The zero-order chi connectivity index (χ0) is 15.2. The van der Waals surface area contributed by atoms with E-state index in [4.69, 9.17) is 4.74 Å². The van der Waals surface area contributed by atoms with Crippen molar-refractivity contribution in [3.63, 3.8) is 0 Å². The molecule has 3 nitrogen and oxygen atoms in total. The van der Waals surface area contributed by atoms with Crippen LogP contribution in [-0.4, -0.2) is 37.1 Å². The zero-order valence-electron chi connectivity index (χ0n) is 13.2. The molecule has 1 heterocycles. The van der Waals surface area contributed by atoms with E-state index in [1.165, 1.54) is 16.7 Å². The van der Waals surface area contributed by atoms with E-state index in [1.54, 1.807) is 0 Å². The second-order valence-electron chi connectivity index (χ2n) is 6.59. The van der Waals surface area contributed by atoms with E-state index in [9.17, 15) is 4.79 Å². The van der Waals surface area contributed by atoms with Crippen molar-refractivity contribution in [3.8, 4) is 0 Å². The number of ether oxygens (including phenoxy) is 1. The van der Waals surface area contributed by atoms with Gasteiger partial charge in [0.05, 0.1) is 12.5 Å². The van der Waals surface area contributed by atoms with Gasteiger partial charge in [-0.3, -0.25) is 9.69 Å². The normalized spacial score (nSPS) is 26.8. The minimum atomic E-state index is -0.164. The van der Waals surface area contributed by atoms with Crippen LogP contribution in [-0.2, 0) is 14.9 Å². The van der Waals surface area contributed by atoms with Crippen LogP contribution in [0.4, 0.5) is 0 Å². The number of carbonyl (C=O) groups excluding carboxylic acids is 1. The van der Waals surface area contributed by atoms with Crippen LogP contribution in [0, 0.1) is 5.92 Å². The van der Waals surface area contributed by atoms with Crippen LogP contribution >= 0.6 is 0 Å². The molecule has 3 heteroatoms. The van der Waals surface area contributed by atoms with Crippen molar-refractivity contribution < 1.29 is 9.53 Å². The molecule has 112 valence electrons. The number of rotatable bonds is 2. The molecule has 1 aromatic rings. The van der Waals surface area contributed by atoms with Gasteiger partial charge in [0.15, 0.2) is 0 Å². The van der Waals surface area contributed by atoms with E-state index < -0.39 is 0 Å². The summed E-state index contributed by atoms with van der Waals surface area (Å²) in [6.07, 6.45) is 2.14. The van der Waals surface area contributed by atoms with Crippen molar-refractivity contribution in [2.24, 2.45) is 5.92 Å². The maximum atomic E-state index is 12.1. The summed E-state index contributed by atoms with van der Waals surface area (Å²) in [5, 5.41) is 0. The Hall–Kier alpha value is -1.61. The molecule has 0 aromatic heterocycles. The average molecular weight is 285 g/mol. The van der Waals surface area contributed by atoms with Gasteiger partial charge in [-0.15, -0.1) is 0 Å². The summed E-state index contributed by atoms with van der Waals surface area (Å²) < 4.78 is 5.21. The van der Waals surface area contributed by atoms with Crippen LogP contribution < -0.4 is 0 Å². The first-order valence-electron chi connectivity index (χ1n) is 7.65. The Bertz CT molecular complexity index is 603. The summed E-state index contributed by atoms with van der Waals surface area (Å²) in [5.41, 5.74) is 4.00. The SMILES string of the molecule is CCOC(=O)[C@@H]1C=C2c3ccccc3C(C)(C)[C@H]2N(C)C1. The standard InChI is InChI=1S/C18H23NO2/c1-5-21-17(20)12-10-14-13-8-6-7-9-15(13)18(2,3)16(14)19(4)11-12/h6-10,12,16H,5,11H2,1-4H3/t12-,16+/m1/s1. The molecule has 0 radical (unpaired) electrons. The average Bonchev–Trinajstić information content (AvgIpc) is 2.68. The molecular formula is C18H23NO2. The lowest BCUT2D eigenvalue weighted by molar-refractivity contribution is -0.147. The second kappa shape index (κ2) is 4.99. The number of benzene rings is 1. The molecule has 0 fully saturated rings. The van der Waals surface area contributed by atoms with Crippen LogP contribution in [0.3, 0.4) is 0 Å². The van der Waals surface area contributed by atoms with E-state index >= 15 is 0 Å². The number of esters is 1. The molecule has 0 saturated heterocycles. The van der Waals surface area contributed by atoms with Crippen molar-refractivity contribution >= 4 is 11.5 Å². The highest BCUT2D eigenvalue weighted by Gasteiger charge is 2.47. The minimum absolute atomic E-state index is 0.0663. The first-order valence-corrected chi connectivity index (χ1v) is 7.65. The Morgan fingerprint density at radius 1 is 1.38 bits per heavy atom. The number of hydrogen-bond acceptors (Lipinski definition) is 3. The highest BCUT2D eigenvalue weighted by Crippen LogP contribution is 2.49. The largest absolute Gasteiger partial charge is 0.466 e. The van der Waals surface area contributed by atoms with Crippen LogP contribution in [0.2, 0.25) is 0 Å². The van der Waals surface area contributed by atoms with Gasteiger partial charge in [0, 0.05) is 18.0 Å². The molecule has 0 N–H and O–H groups in total. The number of nitrogens with zero attached hydrogens (tertiary/aromatic N) is 1. The zero-order valence-corrected chi connectivity index (χ0v) is 13.2. The Balaban J connectivity index is 2.07. The molecule has 2 aliphatic rings. The Morgan fingerprint density at radius 2 is 2.10 bits per heavy atom. The predicted molar refractivity (Wildman–Crippen MR) is 84.0 cm³/mol. The number of likely N-dealkylation sites (N-methyl/N-ethyl adjacent to an activating group) is 1. The smallest absolute Gasteiger partial charge is 0.314 e. The van der Waals surface area contributed by atoms with Gasteiger partial charge in [-0.05, 0) is 30.7 Å². The fraction of sp³-hybridized carbons (Fsp3) is 0.500. The lowest BCUT2D eigenvalue weighted by atomic mass is 9.80. The van der Waals surface area contributed by atoms with Gasteiger partial charge < -0.3 is 4.74 Å². The molecule has 1 aliphatic heterocycles. The van der Waals surface area contributed by atoms with E-state index in [-0.39, 0.29) is 17.3 Å². The molecule has 3 rings (SSSR count). The second-order valence-corrected chi connectivity index (χ2v) is 6.59. The van der Waals surface area contributed by atoms with Gasteiger partial charge in [0.1, 0.15) is 0 Å². The Labute approximate surface area is 126 Å². The molecule has 0 amide bonds. The monoisotopic (exact) mass is 285 g/mol. The van der Waals surface area contributed by atoms with Crippen LogP contribution in [0.15, 0.2) is 30.3 Å². The Kier molecular flexibility index (Phi) is 3.40. The molecule has 2 atom stereocenters. The summed E-state index contributed by atoms with van der Waals surface area (Å²) in [5.74, 6) is -0.277. The number of hydrogen-bond donors (Lipinski definition) is 0. The molecular weight excluding hydrogens is 262 g/mol. The third kappa shape index (κ3) is 2.11. The van der Waals surface area contributed by atoms with Crippen molar-refractivity contribution in [2.45, 2.75) is 32.2 Å². The van der Waals surface area contributed by atoms with Gasteiger partial charge in [0.2, 0.25) is 0 Å². The first-order chi connectivity index (χ1) is 9.96. The van der Waals surface area contributed by atoms with E-state index in [2.05, 4.69) is 56.1 Å². The maximum Gasteiger partial charge on any atom is 0.314 e. The molecule has 0 unspecified atom stereocenters. The lowest BCUT2D eigenvalue weighted by Crippen LogP contribution is -2.48. The van der Waals surface area contributed by atoms with Crippen molar-refractivity contribution in [1.29, 1.82) is 0 Å². The van der Waals surface area contributed by atoms with E-state index in [1.807, 2.05) is 6.92 Å². The fourth-order valence-electron chi connectivity index (χ4n) is 4.03. The topological polar surface area (TPSA) is 29.5 Å². The highest BCUT2D eigenvalue weighted by atomic mass is 16.5. The number of fused-ring (bicyclic) bond motifs is 3. The van der Waals surface area contributed by atoms with Gasteiger partial charge in [0.25, 0.3) is 0 Å². The third-order valence-corrected chi connectivity index (χ3v) is 4.81. The molecule has 0 saturated carbocycles. The van der Waals surface area contributed by atoms with Gasteiger partial charge in [-0.1, -0.05) is 44.2 Å². The van der Waals surface area contributed by atoms with Crippen molar-refractivity contribution in [2.75, 3.05) is 20.2 Å². The number of carbonyl (C=O) groups is 1. The van der Waals surface area contributed by atoms with E-state index in [0.29, 0.717) is 12.6 Å². The molecule has 1 aromatic carbocycles. The molecule has 0 bridgehead atoms. The Morgan fingerprint density at radius 3 is 2.81 bits per heavy atom. The van der Waals surface area contributed by atoms with Crippen LogP contribution in [0.5, 0.6) is 0 Å². The minimum Gasteiger partial charge on any atom is -0.466 e. The molecule has 1 aliphatic carbocycles. The third-order valence-electron chi connectivity index (χ3n) is 4.81. The lowest BCUT2D eigenvalue weighted by Gasteiger charge is -2.40. The van der Waals surface area contributed by atoms with Gasteiger partial charge in [-0.2, -0.15) is 0 Å². The molecule has 0 spiro atoms. The van der Waals surface area contributed by atoms with E-state index in [0.717, 1.165) is 6.54 Å². The van der Waals surface area contributed by atoms with Gasteiger partial charge in [-0.25, -0.2) is 0 Å². The summed E-state index contributed by atoms with van der Waals surface area (Å²) in [4.78, 5) is 14.4. The van der Waals surface area contributed by atoms with Crippen molar-refractivity contribution in [3.05, 3.63) is 41.5 Å². The fourth-order valence-corrected chi connectivity index (χ4v) is 4.03. The first kappa shape index (κ1) is 14.3. The van der Waals surface area contributed by atoms with Crippen LogP contribution in [0.25, 0.3) is 5.57 Å². The summed E-state index contributed by atoms with van der Waals surface area (Å²) >= 11 is 0. The van der Waals surface area contributed by atoms with Crippen molar-refractivity contribution in [1.82, 2.24) is 4.90 Å². The summed E-state index contributed by atoms with van der Waals surface area (Å²) in [6, 6.07) is 8.89. The predicted octanol–water partition coefficient (Wildman–Crippen LogP) is 2.85. The quantitative estimate of drug-likeness (QED) is 0.783. The van der Waals surface area contributed by atoms with Gasteiger partial charge >= 0.3 is 5.97 Å². The summed E-state index contributed by atoms with van der Waals surface area (Å²) in [7, 11) is 2.11. The summed E-state index contributed by atoms with van der Waals surface area (Å²) in [6.45, 7) is 7.60.